The van der Waals surface area contributed by atoms with Crippen LogP contribution in [0, 0.1) is 0 Å². The number of likely N-dealkylation sites (N-methyl/N-ethyl adjacent to an activating group) is 1. The van der Waals surface area contributed by atoms with Crippen molar-refractivity contribution in [3.05, 3.63) is 84.4 Å². The lowest BCUT2D eigenvalue weighted by Crippen LogP contribution is -2.58. The summed E-state index contributed by atoms with van der Waals surface area (Å²) in [5.74, 6) is -0.257. The lowest BCUT2D eigenvalue weighted by atomic mass is 9.97. The fraction of sp³-hybridized carbons (Fsp3) is 0.217. The molecule has 3 heterocycles. The van der Waals surface area contributed by atoms with E-state index in [9.17, 15) is 9.59 Å². The minimum absolute atomic E-state index is 0.0488. The Morgan fingerprint density at radius 1 is 1.03 bits per heavy atom. The van der Waals surface area contributed by atoms with Gasteiger partial charge in [0.25, 0.3) is 5.91 Å². The first kappa shape index (κ1) is 18.8. The number of hydrogen-bond donors (Lipinski definition) is 0. The maximum absolute atomic E-state index is 13.0. The summed E-state index contributed by atoms with van der Waals surface area (Å²) >= 11 is 0. The highest BCUT2D eigenvalue weighted by atomic mass is 16.2. The van der Waals surface area contributed by atoms with E-state index in [1.807, 2.05) is 36.5 Å². The van der Waals surface area contributed by atoms with Crippen LogP contribution in [0.25, 0.3) is 11.1 Å². The van der Waals surface area contributed by atoms with Gasteiger partial charge in [0.05, 0.1) is 0 Å². The molecule has 0 saturated carbocycles. The Hall–Kier alpha value is -3.54. The maximum Gasteiger partial charge on any atom is 0.273 e. The molecule has 6 heteroatoms. The van der Waals surface area contributed by atoms with Crippen LogP contribution in [0.1, 0.15) is 16.1 Å². The molecule has 0 radical (unpaired) electrons. The summed E-state index contributed by atoms with van der Waals surface area (Å²) in [4.78, 5) is 37.7. The molecule has 0 N–H and O–H groups in total. The number of hydrogen-bond acceptors (Lipinski definition) is 4. The SMILES string of the molecule is CN1CCN(C(=O)c2ccccn2)[C@@H](Cc2cccc(-c3cccnc3)c2)C1=O. The van der Waals surface area contributed by atoms with Gasteiger partial charge >= 0.3 is 0 Å². The van der Waals surface area contributed by atoms with E-state index in [0.29, 0.717) is 25.2 Å². The van der Waals surface area contributed by atoms with Crippen molar-refractivity contribution in [2.45, 2.75) is 12.5 Å². The fourth-order valence-electron chi connectivity index (χ4n) is 3.62. The number of pyridine rings is 2. The number of aromatic nitrogens is 2. The standard InChI is InChI=1S/C23H22N4O2/c1-26-12-13-27(22(28)20-9-2-3-11-25-20)21(23(26)29)15-17-6-4-7-18(14-17)19-8-5-10-24-16-19/h2-11,14,16,21H,12-13,15H2,1H3/t21-/m0/s1. The summed E-state index contributed by atoms with van der Waals surface area (Å²) in [5.41, 5.74) is 3.41. The summed E-state index contributed by atoms with van der Waals surface area (Å²) in [6.07, 6.45) is 5.61. The highest BCUT2D eigenvalue weighted by Gasteiger charge is 2.36. The van der Waals surface area contributed by atoms with Gasteiger partial charge in [-0.1, -0.05) is 36.4 Å². The molecular formula is C23H22N4O2. The van der Waals surface area contributed by atoms with E-state index in [0.717, 1.165) is 16.7 Å². The smallest absolute Gasteiger partial charge is 0.273 e. The molecule has 29 heavy (non-hydrogen) atoms. The van der Waals surface area contributed by atoms with Crippen molar-refractivity contribution in [3.63, 3.8) is 0 Å². The normalized spacial score (nSPS) is 16.7. The Morgan fingerprint density at radius 2 is 1.90 bits per heavy atom. The zero-order chi connectivity index (χ0) is 20.2. The van der Waals surface area contributed by atoms with Crippen molar-refractivity contribution in [1.29, 1.82) is 0 Å². The average molecular weight is 386 g/mol. The third kappa shape index (κ3) is 4.01. The number of carbonyl (C=O) groups is 2. The van der Waals surface area contributed by atoms with E-state index in [1.165, 1.54) is 0 Å². The zero-order valence-corrected chi connectivity index (χ0v) is 16.2. The molecule has 0 spiro atoms. The van der Waals surface area contributed by atoms with Crippen molar-refractivity contribution in [2.75, 3.05) is 20.1 Å². The van der Waals surface area contributed by atoms with Crippen molar-refractivity contribution in [2.24, 2.45) is 0 Å². The third-order valence-corrected chi connectivity index (χ3v) is 5.21. The van der Waals surface area contributed by atoms with Gasteiger partial charge in [0, 0.05) is 45.1 Å². The zero-order valence-electron chi connectivity index (χ0n) is 16.2. The van der Waals surface area contributed by atoms with Crippen LogP contribution in [0.3, 0.4) is 0 Å². The van der Waals surface area contributed by atoms with E-state index in [1.54, 1.807) is 47.4 Å². The van der Waals surface area contributed by atoms with Gasteiger partial charge in [0.1, 0.15) is 11.7 Å². The second-order valence-corrected chi connectivity index (χ2v) is 7.14. The third-order valence-electron chi connectivity index (χ3n) is 5.21. The largest absolute Gasteiger partial charge is 0.342 e. The highest BCUT2D eigenvalue weighted by molar-refractivity contribution is 5.97. The van der Waals surface area contributed by atoms with Crippen LogP contribution in [0.2, 0.25) is 0 Å². The van der Waals surface area contributed by atoms with Crippen LogP contribution >= 0.6 is 0 Å². The molecule has 3 aromatic rings. The number of amides is 2. The lowest BCUT2D eigenvalue weighted by molar-refractivity contribution is -0.138. The topological polar surface area (TPSA) is 66.4 Å². The van der Waals surface area contributed by atoms with E-state index < -0.39 is 6.04 Å². The van der Waals surface area contributed by atoms with Crippen molar-refractivity contribution >= 4 is 11.8 Å². The molecule has 1 saturated heterocycles. The number of benzene rings is 1. The minimum atomic E-state index is -0.549. The van der Waals surface area contributed by atoms with Crippen LogP contribution < -0.4 is 0 Å². The molecule has 0 unspecified atom stereocenters. The van der Waals surface area contributed by atoms with Crippen molar-refractivity contribution in [3.8, 4) is 11.1 Å². The molecule has 1 aromatic carbocycles. The predicted molar refractivity (Wildman–Crippen MR) is 110 cm³/mol. The first-order valence-electron chi connectivity index (χ1n) is 9.60. The molecule has 2 amide bonds. The number of rotatable bonds is 4. The van der Waals surface area contributed by atoms with Gasteiger partial charge in [0.2, 0.25) is 5.91 Å². The van der Waals surface area contributed by atoms with Crippen molar-refractivity contribution < 1.29 is 9.59 Å². The van der Waals surface area contributed by atoms with Crippen molar-refractivity contribution in [1.82, 2.24) is 19.8 Å². The predicted octanol–water partition coefficient (Wildman–Crippen LogP) is 2.67. The Morgan fingerprint density at radius 3 is 2.66 bits per heavy atom. The molecule has 4 rings (SSSR count). The number of piperazine rings is 1. The number of nitrogens with zero attached hydrogens (tertiary/aromatic N) is 4. The first-order valence-corrected chi connectivity index (χ1v) is 9.60. The van der Waals surface area contributed by atoms with Crippen LogP contribution in [-0.2, 0) is 11.2 Å². The van der Waals surface area contributed by atoms with Gasteiger partial charge in [0.15, 0.2) is 0 Å². The van der Waals surface area contributed by atoms with Gasteiger partial charge in [-0.15, -0.1) is 0 Å². The molecule has 0 bridgehead atoms. The van der Waals surface area contributed by atoms with Crippen LogP contribution in [0.15, 0.2) is 73.2 Å². The Labute approximate surface area is 169 Å². The van der Waals surface area contributed by atoms with E-state index in [2.05, 4.69) is 16.0 Å². The summed E-state index contributed by atoms with van der Waals surface area (Å²) in [5, 5.41) is 0. The Balaban J connectivity index is 1.62. The molecule has 1 aliphatic heterocycles. The quantitative estimate of drug-likeness (QED) is 0.691. The summed E-state index contributed by atoms with van der Waals surface area (Å²) in [6.45, 7) is 1.01. The number of carbonyl (C=O) groups excluding carboxylic acids is 2. The van der Waals surface area contributed by atoms with E-state index in [4.69, 9.17) is 0 Å². The Bertz CT molecular complexity index is 1010. The molecule has 6 nitrogen and oxygen atoms in total. The van der Waals surface area contributed by atoms with E-state index >= 15 is 0 Å². The molecule has 1 aliphatic rings. The minimum Gasteiger partial charge on any atom is -0.342 e. The second-order valence-electron chi connectivity index (χ2n) is 7.14. The van der Waals surface area contributed by atoms with Gasteiger partial charge in [-0.2, -0.15) is 0 Å². The van der Waals surface area contributed by atoms with Crippen LogP contribution in [0.5, 0.6) is 0 Å². The summed E-state index contributed by atoms with van der Waals surface area (Å²) in [6, 6.07) is 16.6. The van der Waals surface area contributed by atoms with Gasteiger partial charge in [-0.3, -0.25) is 19.6 Å². The molecule has 1 fully saturated rings. The monoisotopic (exact) mass is 386 g/mol. The molecular weight excluding hydrogens is 364 g/mol. The summed E-state index contributed by atoms with van der Waals surface area (Å²) in [7, 11) is 1.78. The molecule has 1 atom stereocenters. The van der Waals surface area contributed by atoms with Crippen LogP contribution in [0.4, 0.5) is 0 Å². The molecule has 0 aliphatic carbocycles. The van der Waals surface area contributed by atoms with E-state index in [-0.39, 0.29) is 11.8 Å². The van der Waals surface area contributed by atoms with Gasteiger partial charge in [-0.05, 0) is 34.9 Å². The van der Waals surface area contributed by atoms with Crippen LogP contribution in [-0.4, -0.2) is 57.8 Å². The summed E-state index contributed by atoms with van der Waals surface area (Å²) < 4.78 is 0. The fourth-order valence-corrected chi connectivity index (χ4v) is 3.62. The maximum atomic E-state index is 13.0. The Kier molecular flexibility index (Phi) is 5.33. The molecule has 146 valence electrons. The average Bonchev–Trinajstić information content (AvgIpc) is 2.78. The van der Waals surface area contributed by atoms with Gasteiger partial charge < -0.3 is 9.80 Å². The lowest BCUT2D eigenvalue weighted by Gasteiger charge is -2.39. The van der Waals surface area contributed by atoms with Gasteiger partial charge in [-0.25, -0.2) is 0 Å². The first-order chi connectivity index (χ1) is 14.1. The molecule has 2 aromatic heterocycles. The second kappa shape index (κ2) is 8.22. The highest BCUT2D eigenvalue weighted by Crippen LogP contribution is 2.23.